The summed E-state index contributed by atoms with van der Waals surface area (Å²) in [7, 11) is 0. The summed E-state index contributed by atoms with van der Waals surface area (Å²) in [5, 5.41) is 9.21. The van der Waals surface area contributed by atoms with Gasteiger partial charge in [0.25, 0.3) is 0 Å². The van der Waals surface area contributed by atoms with E-state index in [1.54, 1.807) is 30.3 Å². The third kappa shape index (κ3) is 4.93. The second kappa shape index (κ2) is 9.29. The number of Topliss-reactive ketones (excluding diaryl/α,β-unsaturated/α-hetero) is 1. The van der Waals surface area contributed by atoms with Crippen molar-refractivity contribution in [1.29, 1.82) is 5.26 Å². The van der Waals surface area contributed by atoms with E-state index in [-0.39, 0.29) is 25.2 Å². The van der Waals surface area contributed by atoms with E-state index in [0.29, 0.717) is 11.1 Å². The number of ketones is 1. The van der Waals surface area contributed by atoms with Gasteiger partial charge in [0.05, 0.1) is 18.1 Å². The quantitative estimate of drug-likeness (QED) is 0.437. The molecule has 0 saturated heterocycles. The highest BCUT2D eigenvalue weighted by Crippen LogP contribution is 2.23. The zero-order valence-corrected chi connectivity index (χ0v) is 15.3. The molecule has 0 heterocycles. The average molecular weight is 369 g/mol. The van der Waals surface area contributed by atoms with Gasteiger partial charge in [-0.3, -0.25) is 9.59 Å². The molecule has 0 radical (unpaired) electrons. The van der Waals surface area contributed by atoms with Gasteiger partial charge in [-0.1, -0.05) is 72.8 Å². The van der Waals surface area contributed by atoms with Crippen LogP contribution in [0.5, 0.6) is 0 Å². The number of carbonyl (C=O) groups excluding carboxylic acids is 2. The molecule has 3 aromatic rings. The molecule has 4 heteroatoms. The van der Waals surface area contributed by atoms with Gasteiger partial charge in [-0.05, 0) is 22.8 Å². The Labute approximate surface area is 164 Å². The summed E-state index contributed by atoms with van der Waals surface area (Å²) < 4.78 is 5.26. The van der Waals surface area contributed by atoms with E-state index in [4.69, 9.17) is 4.74 Å². The molecule has 0 amide bonds. The molecule has 0 aliphatic rings. The lowest BCUT2D eigenvalue weighted by atomic mass is 9.99. The van der Waals surface area contributed by atoms with Gasteiger partial charge in [0.2, 0.25) is 0 Å². The molecule has 28 heavy (non-hydrogen) atoms. The Morgan fingerprint density at radius 3 is 2.21 bits per heavy atom. The fourth-order valence-corrected chi connectivity index (χ4v) is 2.83. The largest absolute Gasteiger partial charge is 0.461 e. The maximum absolute atomic E-state index is 12.0. The molecule has 0 saturated carbocycles. The number of ether oxygens (including phenoxy) is 1. The third-order valence-electron chi connectivity index (χ3n) is 4.36. The lowest BCUT2D eigenvalue weighted by Gasteiger charge is -2.07. The van der Waals surface area contributed by atoms with Crippen molar-refractivity contribution in [3.8, 4) is 17.2 Å². The standard InChI is InChI=1S/C24H19NO3/c25-16-21-8-4-5-9-22(21)19-12-10-18(11-13-19)17-28-24(27)15-14-23(26)20-6-2-1-3-7-20/h1-13H,14-15,17H2. The lowest BCUT2D eigenvalue weighted by molar-refractivity contribution is -0.144. The van der Waals surface area contributed by atoms with Crippen LogP contribution in [0.1, 0.15) is 34.3 Å². The van der Waals surface area contributed by atoms with E-state index in [9.17, 15) is 14.9 Å². The molecule has 0 spiro atoms. The van der Waals surface area contributed by atoms with Gasteiger partial charge in [0.15, 0.2) is 5.78 Å². The Bertz CT molecular complexity index is 1000. The van der Waals surface area contributed by atoms with Gasteiger partial charge in [0.1, 0.15) is 6.61 Å². The van der Waals surface area contributed by atoms with Crippen LogP contribution >= 0.6 is 0 Å². The summed E-state index contributed by atoms with van der Waals surface area (Å²) >= 11 is 0. The second-order valence-corrected chi connectivity index (χ2v) is 6.30. The number of nitrogens with zero attached hydrogens (tertiary/aromatic N) is 1. The van der Waals surface area contributed by atoms with Crippen LogP contribution in [-0.4, -0.2) is 11.8 Å². The van der Waals surface area contributed by atoms with Crippen molar-refractivity contribution in [2.24, 2.45) is 0 Å². The van der Waals surface area contributed by atoms with Gasteiger partial charge in [-0.15, -0.1) is 0 Å². The molecule has 3 aromatic carbocycles. The van der Waals surface area contributed by atoms with E-state index >= 15 is 0 Å². The van der Waals surface area contributed by atoms with Crippen LogP contribution in [0.3, 0.4) is 0 Å². The number of hydrogen-bond acceptors (Lipinski definition) is 4. The first-order chi connectivity index (χ1) is 13.7. The molecule has 0 unspecified atom stereocenters. The first-order valence-corrected chi connectivity index (χ1v) is 8.99. The van der Waals surface area contributed by atoms with Crippen LogP contribution in [0.4, 0.5) is 0 Å². The highest BCUT2D eigenvalue weighted by Gasteiger charge is 2.10. The Morgan fingerprint density at radius 2 is 1.50 bits per heavy atom. The van der Waals surface area contributed by atoms with Gasteiger partial charge < -0.3 is 4.74 Å². The second-order valence-electron chi connectivity index (χ2n) is 6.30. The highest BCUT2D eigenvalue weighted by molar-refractivity contribution is 5.97. The summed E-state index contributed by atoms with van der Waals surface area (Å²) in [6, 6.07) is 26.0. The zero-order chi connectivity index (χ0) is 19.8. The third-order valence-corrected chi connectivity index (χ3v) is 4.36. The number of carbonyl (C=O) groups is 2. The van der Waals surface area contributed by atoms with Gasteiger partial charge in [-0.25, -0.2) is 0 Å². The first kappa shape index (κ1) is 19.1. The molecule has 0 aliphatic heterocycles. The molecular formula is C24H19NO3. The minimum atomic E-state index is -0.400. The molecule has 0 aromatic heterocycles. The molecular weight excluding hydrogens is 350 g/mol. The van der Waals surface area contributed by atoms with Crippen LogP contribution in [0.15, 0.2) is 78.9 Å². The Hall–Kier alpha value is -3.71. The molecule has 138 valence electrons. The monoisotopic (exact) mass is 369 g/mol. The number of rotatable bonds is 7. The van der Waals surface area contributed by atoms with Crippen LogP contribution in [0.2, 0.25) is 0 Å². The zero-order valence-electron chi connectivity index (χ0n) is 15.3. The topological polar surface area (TPSA) is 67.2 Å². The predicted molar refractivity (Wildman–Crippen MR) is 106 cm³/mol. The highest BCUT2D eigenvalue weighted by atomic mass is 16.5. The van der Waals surface area contributed by atoms with Gasteiger partial charge >= 0.3 is 5.97 Å². The van der Waals surface area contributed by atoms with Crippen molar-refractivity contribution in [3.63, 3.8) is 0 Å². The van der Waals surface area contributed by atoms with Crippen molar-refractivity contribution < 1.29 is 14.3 Å². The van der Waals surface area contributed by atoms with Crippen molar-refractivity contribution >= 4 is 11.8 Å². The van der Waals surface area contributed by atoms with Crippen LogP contribution in [-0.2, 0) is 16.1 Å². The summed E-state index contributed by atoms with van der Waals surface area (Å²) in [6.07, 6.45) is 0.189. The van der Waals surface area contributed by atoms with E-state index in [1.165, 1.54) is 0 Å². The molecule has 4 nitrogen and oxygen atoms in total. The van der Waals surface area contributed by atoms with Crippen molar-refractivity contribution in [2.45, 2.75) is 19.4 Å². The van der Waals surface area contributed by atoms with E-state index in [2.05, 4.69) is 6.07 Å². The number of benzene rings is 3. The molecule has 0 bridgehead atoms. The normalized spacial score (nSPS) is 10.1. The number of hydrogen-bond donors (Lipinski definition) is 0. The fraction of sp³-hybridized carbons (Fsp3) is 0.125. The summed E-state index contributed by atoms with van der Waals surface area (Å²) in [4.78, 5) is 23.9. The fourth-order valence-electron chi connectivity index (χ4n) is 2.83. The van der Waals surface area contributed by atoms with E-state index < -0.39 is 5.97 Å². The Kier molecular flexibility index (Phi) is 6.33. The van der Waals surface area contributed by atoms with E-state index in [0.717, 1.165) is 16.7 Å². The summed E-state index contributed by atoms with van der Waals surface area (Å²) in [6.45, 7) is 0.151. The minimum Gasteiger partial charge on any atom is -0.461 e. The average Bonchev–Trinajstić information content (AvgIpc) is 2.77. The SMILES string of the molecule is N#Cc1ccccc1-c1ccc(COC(=O)CCC(=O)c2ccccc2)cc1. The number of nitriles is 1. The summed E-state index contributed by atoms with van der Waals surface area (Å²) in [5.41, 5.74) is 3.86. The molecule has 0 fully saturated rings. The van der Waals surface area contributed by atoms with Crippen molar-refractivity contribution in [3.05, 3.63) is 95.6 Å². The maximum Gasteiger partial charge on any atom is 0.306 e. The molecule has 0 N–H and O–H groups in total. The molecule has 0 aliphatic carbocycles. The van der Waals surface area contributed by atoms with Gasteiger partial charge in [-0.2, -0.15) is 5.26 Å². The molecule has 3 rings (SSSR count). The van der Waals surface area contributed by atoms with Crippen molar-refractivity contribution in [1.82, 2.24) is 0 Å². The first-order valence-electron chi connectivity index (χ1n) is 8.99. The minimum absolute atomic E-state index is 0.0569. The smallest absolute Gasteiger partial charge is 0.306 e. The Morgan fingerprint density at radius 1 is 0.821 bits per heavy atom. The lowest BCUT2D eigenvalue weighted by Crippen LogP contribution is -2.08. The summed E-state index contributed by atoms with van der Waals surface area (Å²) in [5.74, 6) is -0.471. The maximum atomic E-state index is 12.0. The predicted octanol–water partition coefficient (Wildman–Crippen LogP) is 4.93. The van der Waals surface area contributed by atoms with Crippen molar-refractivity contribution in [2.75, 3.05) is 0 Å². The van der Waals surface area contributed by atoms with Gasteiger partial charge in [0, 0.05) is 12.0 Å². The van der Waals surface area contributed by atoms with E-state index in [1.807, 2.05) is 48.5 Å². The van der Waals surface area contributed by atoms with Crippen LogP contribution < -0.4 is 0 Å². The van der Waals surface area contributed by atoms with Crippen LogP contribution in [0, 0.1) is 11.3 Å². The molecule has 0 atom stereocenters. The van der Waals surface area contributed by atoms with Crippen LogP contribution in [0.25, 0.3) is 11.1 Å². The number of esters is 1. The Balaban J connectivity index is 1.51.